The Labute approximate surface area is 200 Å². The van der Waals surface area contributed by atoms with Gasteiger partial charge in [0, 0.05) is 5.56 Å². The molecular formula is C28H26N2O3S. The first kappa shape index (κ1) is 23.3. The Morgan fingerprint density at radius 1 is 0.735 bits per heavy atom. The van der Waals surface area contributed by atoms with Crippen LogP contribution in [0.5, 0.6) is 0 Å². The maximum Gasteiger partial charge on any atom is 0.261 e. The molecule has 4 aromatic carbocycles. The van der Waals surface area contributed by atoms with E-state index >= 15 is 0 Å². The van der Waals surface area contributed by atoms with E-state index in [0.717, 1.165) is 16.7 Å². The molecule has 2 N–H and O–H groups in total. The quantitative estimate of drug-likeness (QED) is 0.368. The number of benzene rings is 4. The minimum absolute atomic E-state index is 0.160. The van der Waals surface area contributed by atoms with E-state index in [-0.39, 0.29) is 16.8 Å². The van der Waals surface area contributed by atoms with E-state index in [0.29, 0.717) is 16.8 Å². The van der Waals surface area contributed by atoms with Gasteiger partial charge < -0.3 is 5.32 Å². The molecule has 4 rings (SSSR count). The van der Waals surface area contributed by atoms with Crippen molar-refractivity contribution in [2.24, 2.45) is 0 Å². The zero-order valence-corrected chi connectivity index (χ0v) is 19.8. The lowest BCUT2D eigenvalue weighted by Gasteiger charge is -2.21. The van der Waals surface area contributed by atoms with Crippen LogP contribution in [0.3, 0.4) is 0 Å². The van der Waals surface area contributed by atoms with E-state index in [4.69, 9.17) is 0 Å². The Hall–Kier alpha value is -3.90. The first-order chi connectivity index (χ1) is 16.3. The Balaban J connectivity index is 1.62. The van der Waals surface area contributed by atoms with Crippen molar-refractivity contribution in [2.75, 3.05) is 4.72 Å². The summed E-state index contributed by atoms with van der Waals surface area (Å²) in [5.74, 6) is -0.297. The normalized spacial score (nSPS) is 12.1. The first-order valence-electron chi connectivity index (χ1n) is 10.9. The van der Waals surface area contributed by atoms with Gasteiger partial charge in [0.1, 0.15) is 0 Å². The number of hydrogen-bond acceptors (Lipinski definition) is 3. The van der Waals surface area contributed by atoms with Crippen LogP contribution in [0.2, 0.25) is 0 Å². The van der Waals surface area contributed by atoms with E-state index < -0.39 is 10.0 Å². The predicted molar refractivity (Wildman–Crippen MR) is 135 cm³/mol. The lowest BCUT2D eigenvalue weighted by atomic mass is 9.97. The summed E-state index contributed by atoms with van der Waals surface area (Å²) in [6.45, 7) is 3.81. The maximum atomic E-state index is 13.3. The summed E-state index contributed by atoms with van der Waals surface area (Å²) in [4.78, 5) is 13.4. The zero-order chi connectivity index (χ0) is 24.1. The highest BCUT2D eigenvalue weighted by molar-refractivity contribution is 7.92. The minimum atomic E-state index is -3.77. The van der Waals surface area contributed by atoms with Gasteiger partial charge in [0.2, 0.25) is 0 Å². The lowest BCUT2D eigenvalue weighted by Crippen LogP contribution is -2.29. The van der Waals surface area contributed by atoms with Crippen LogP contribution >= 0.6 is 0 Å². The fourth-order valence-electron chi connectivity index (χ4n) is 3.65. The summed E-state index contributed by atoms with van der Waals surface area (Å²) in [7, 11) is -3.77. The number of amides is 1. The minimum Gasteiger partial charge on any atom is -0.341 e. The Bertz CT molecular complexity index is 1390. The summed E-state index contributed by atoms with van der Waals surface area (Å²) in [5, 5.41) is 3.11. The molecule has 1 amide bonds. The molecule has 0 radical (unpaired) electrons. The molecule has 1 atom stereocenters. The highest BCUT2D eigenvalue weighted by Gasteiger charge is 2.20. The van der Waals surface area contributed by atoms with Gasteiger partial charge in [-0.05, 0) is 54.8 Å². The molecule has 0 saturated carbocycles. The highest BCUT2D eigenvalue weighted by atomic mass is 32.2. The number of rotatable bonds is 7. The lowest BCUT2D eigenvalue weighted by molar-refractivity contribution is 0.0943. The molecule has 0 heterocycles. The summed E-state index contributed by atoms with van der Waals surface area (Å²) in [6, 6.07) is 30.6. The smallest absolute Gasteiger partial charge is 0.261 e. The first-order valence-corrected chi connectivity index (χ1v) is 12.4. The van der Waals surface area contributed by atoms with Crippen molar-refractivity contribution in [3.63, 3.8) is 0 Å². The molecule has 0 bridgehead atoms. The third-order valence-electron chi connectivity index (χ3n) is 5.62. The van der Waals surface area contributed by atoms with Gasteiger partial charge in [0.15, 0.2) is 0 Å². The van der Waals surface area contributed by atoms with Crippen LogP contribution in [0.4, 0.5) is 5.69 Å². The van der Waals surface area contributed by atoms with Crippen LogP contribution in [0.25, 0.3) is 0 Å². The number of hydrogen-bond donors (Lipinski definition) is 2. The predicted octanol–water partition coefficient (Wildman–Crippen LogP) is 5.62. The summed E-state index contributed by atoms with van der Waals surface area (Å²) >= 11 is 0. The van der Waals surface area contributed by atoms with E-state index in [9.17, 15) is 13.2 Å². The number of carbonyl (C=O) groups is 1. The van der Waals surface area contributed by atoms with Gasteiger partial charge in [0.05, 0.1) is 16.6 Å². The highest BCUT2D eigenvalue weighted by Crippen LogP contribution is 2.25. The third kappa shape index (κ3) is 5.35. The standard InChI is InChI=1S/C28H26N2O3S/c1-20-13-16-23(17-14-20)27(22-9-5-3-6-10-22)29-28(31)24-18-15-21(2)26(19-24)30-34(32,33)25-11-7-4-8-12-25/h3-19,27,30H,1-2H3,(H,29,31)/t27-/m1/s1. The third-order valence-corrected chi connectivity index (χ3v) is 7.00. The van der Waals surface area contributed by atoms with Crippen molar-refractivity contribution in [1.82, 2.24) is 5.32 Å². The molecule has 0 aliphatic carbocycles. The number of aryl methyl sites for hydroxylation is 2. The van der Waals surface area contributed by atoms with Gasteiger partial charge in [-0.25, -0.2) is 8.42 Å². The molecule has 0 spiro atoms. The molecule has 0 aliphatic rings. The summed E-state index contributed by atoms with van der Waals surface area (Å²) in [5.41, 5.74) is 4.50. The average molecular weight is 471 g/mol. The van der Waals surface area contributed by atoms with Crippen LogP contribution in [-0.4, -0.2) is 14.3 Å². The van der Waals surface area contributed by atoms with E-state index in [1.807, 2.05) is 61.5 Å². The van der Waals surface area contributed by atoms with Crippen molar-refractivity contribution in [3.8, 4) is 0 Å². The fourth-order valence-corrected chi connectivity index (χ4v) is 4.80. The van der Waals surface area contributed by atoms with Gasteiger partial charge in [0.25, 0.3) is 15.9 Å². The largest absolute Gasteiger partial charge is 0.341 e. The van der Waals surface area contributed by atoms with E-state index in [2.05, 4.69) is 10.0 Å². The molecule has 0 unspecified atom stereocenters. The van der Waals surface area contributed by atoms with Gasteiger partial charge in [-0.1, -0.05) is 84.4 Å². The molecular weight excluding hydrogens is 444 g/mol. The number of anilines is 1. The van der Waals surface area contributed by atoms with E-state index in [1.54, 1.807) is 43.3 Å². The second-order valence-electron chi connectivity index (χ2n) is 8.18. The number of carbonyl (C=O) groups excluding carboxylic acids is 1. The van der Waals surface area contributed by atoms with Crippen molar-refractivity contribution >= 4 is 21.6 Å². The number of nitrogens with one attached hydrogen (secondary N) is 2. The molecule has 172 valence electrons. The number of sulfonamides is 1. The summed E-state index contributed by atoms with van der Waals surface area (Å²) in [6.07, 6.45) is 0. The molecule has 6 heteroatoms. The van der Waals surface area contributed by atoms with Crippen LogP contribution in [0, 0.1) is 13.8 Å². The molecule has 0 aromatic heterocycles. The van der Waals surface area contributed by atoms with Crippen molar-refractivity contribution in [1.29, 1.82) is 0 Å². The van der Waals surface area contributed by atoms with Gasteiger partial charge >= 0.3 is 0 Å². The zero-order valence-electron chi connectivity index (χ0n) is 19.0. The van der Waals surface area contributed by atoms with E-state index in [1.165, 1.54) is 12.1 Å². The van der Waals surface area contributed by atoms with Gasteiger partial charge in [-0.15, -0.1) is 0 Å². The van der Waals surface area contributed by atoms with Crippen LogP contribution < -0.4 is 10.0 Å². The average Bonchev–Trinajstić information content (AvgIpc) is 2.85. The van der Waals surface area contributed by atoms with Crippen LogP contribution in [0.1, 0.15) is 38.7 Å². The fraction of sp³-hybridized carbons (Fsp3) is 0.107. The van der Waals surface area contributed by atoms with Crippen LogP contribution in [0.15, 0.2) is 108 Å². The molecule has 34 heavy (non-hydrogen) atoms. The second kappa shape index (κ2) is 9.93. The molecule has 0 saturated heterocycles. The molecule has 0 aliphatic heterocycles. The van der Waals surface area contributed by atoms with Crippen LogP contribution in [-0.2, 0) is 10.0 Å². The van der Waals surface area contributed by atoms with Crippen molar-refractivity contribution < 1.29 is 13.2 Å². The Morgan fingerprint density at radius 3 is 1.97 bits per heavy atom. The summed E-state index contributed by atoms with van der Waals surface area (Å²) < 4.78 is 28.2. The molecule has 5 nitrogen and oxygen atoms in total. The van der Waals surface area contributed by atoms with Gasteiger partial charge in [-0.2, -0.15) is 0 Å². The molecule has 4 aromatic rings. The van der Waals surface area contributed by atoms with Crippen molar-refractivity contribution in [3.05, 3.63) is 131 Å². The second-order valence-corrected chi connectivity index (χ2v) is 9.86. The van der Waals surface area contributed by atoms with Crippen molar-refractivity contribution in [2.45, 2.75) is 24.8 Å². The SMILES string of the molecule is Cc1ccc([C@H](NC(=O)c2ccc(C)c(NS(=O)(=O)c3ccccc3)c2)c2ccccc2)cc1. The monoisotopic (exact) mass is 470 g/mol. The Morgan fingerprint density at radius 2 is 1.32 bits per heavy atom. The molecule has 0 fully saturated rings. The Kier molecular flexibility index (Phi) is 6.80. The maximum absolute atomic E-state index is 13.3. The topological polar surface area (TPSA) is 75.3 Å². The van der Waals surface area contributed by atoms with Gasteiger partial charge in [-0.3, -0.25) is 9.52 Å².